The molecule has 1 fully saturated rings. The van der Waals surface area contributed by atoms with Crippen LogP contribution in [0.15, 0.2) is 106 Å². The molecular weight excluding hydrogens is 1100 g/mol. The Morgan fingerprint density at radius 2 is 1.49 bits per heavy atom. The molecule has 2 atom stereocenters. The molecular formula is C54H73F3N5O16S2+. The predicted molar refractivity (Wildman–Crippen MR) is 293 cm³/mol. The molecule has 3 aromatic carbocycles. The third kappa shape index (κ3) is 23.4. The number of carbonyl (C=O) groups excluding carboxylic acids is 4. The molecule has 21 nitrogen and oxygen atoms in total. The lowest BCUT2D eigenvalue weighted by molar-refractivity contribution is -0.519. The fourth-order valence-electron chi connectivity index (χ4n) is 7.49. The molecule has 3 amide bonds. The Hall–Kier alpha value is -6.94. The molecule has 1 saturated heterocycles. The van der Waals surface area contributed by atoms with Crippen molar-refractivity contribution in [2.24, 2.45) is 11.5 Å². The third-order valence-electron chi connectivity index (χ3n) is 11.3. The molecule has 26 heteroatoms. The minimum Gasteiger partial charge on any atom is -0.508 e. The Morgan fingerprint density at radius 1 is 0.887 bits per heavy atom. The van der Waals surface area contributed by atoms with Crippen molar-refractivity contribution in [1.29, 1.82) is 0 Å². The first-order chi connectivity index (χ1) is 37.7. The number of alkyl halides is 3. The summed E-state index contributed by atoms with van der Waals surface area (Å²) in [5.74, 6) is -3.64. The van der Waals surface area contributed by atoms with Crippen molar-refractivity contribution in [1.82, 2.24) is 10.2 Å². The number of hydrogen-bond acceptors (Lipinski definition) is 15. The minimum atomic E-state index is -5.14. The Balaban J connectivity index is 0.000000543. The molecule has 442 valence electrons. The average molecular weight is 1170 g/mol. The summed E-state index contributed by atoms with van der Waals surface area (Å²) >= 11 is 0. The maximum Gasteiger partial charge on any atom is 0.494 e. The van der Waals surface area contributed by atoms with E-state index in [9.17, 15) is 58.3 Å². The van der Waals surface area contributed by atoms with Crippen LogP contribution in [0.4, 0.5) is 13.2 Å². The van der Waals surface area contributed by atoms with Crippen LogP contribution in [0.1, 0.15) is 90.3 Å². The summed E-state index contributed by atoms with van der Waals surface area (Å²) in [7, 11) is -9.45. The molecule has 80 heavy (non-hydrogen) atoms. The fourth-order valence-corrected chi connectivity index (χ4v) is 8.91. The molecule has 2 aliphatic rings. The molecule has 1 aliphatic carbocycles. The first-order valence-corrected chi connectivity index (χ1v) is 28.3. The van der Waals surface area contributed by atoms with Crippen molar-refractivity contribution in [3.63, 3.8) is 0 Å². The zero-order valence-electron chi connectivity index (χ0n) is 45.7. The molecule has 0 aromatic heterocycles. The van der Waals surface area contributed by atoms with Crippen LogP contribution in [0.3, 0.4) is 0 Å². The van der Waals surface area contributed by atoms with E-state index in [1.165, 1.54) is 11.0 Å². The number of likely N-dealkylation sites (tertiary alicyclic amines) is 1. The molecule has 1 heterocycles. The highest BCUT2D eigenvalue weighted by Crippen LogP contribution is 2.39. The summed E-state index contributed by atoms with van der Waals surface area (Å²) in [6.07, 6.45) is 9.50. The van der Waals surface area contributed by atoms with Crippen LogP contribution in [0.25, 0.3) is 11.6 Å². The van der Waals surface area contributed by atoms with Crippen molar-refractivity contribution in [3.05, 3.63) is 113 Å². The van der Waals surface area contributed by atoms with Gasteiger partial charge in [0.05, 0.1) is 19.8 Å². The number of ether oxygens (including phenoxy) is 3. The topological polar surface area (TPSA) is 314 Å². The van der Waals surface area contributed by atoms with E-state index in [2.05, 4.69) is 26.6 Å². The number of primary amides is 1. The lowest BCUT2D eigenvalue weighted by Gasteiger charge is -2.23. The van der Waals surface area contributed by atoms with Gasteiger partial charge in [0.1, 0.15) is 46.2 Å². The van der Waals surface area contributed by atoms with Gasteiger partial charge in [-0.25, -0.2) is 9.37 Å². The number of nitrogens with two attached hydrogens (primary N) is 2. The lowest BCUT2D eigenvalue weighted by atomic mass is 9.90. The number of aromatic hydroxyl groups is 1. The van der Waals surface area contributed by atoms with Gasteiger partial charge in [0.2, 0.25) is 11.8 Å². The average Bonchev–Trinajstić information content (AvgIpc) is 3.90. The highest BCUT2D eigenvalue weighted by Gasteiger charge is 2.42. The second-order valence-corrected chi connectivity index (χ2v) is 20.0. The highest BCUT2D eigenvalue weighted by atomic mass is 32.2. The third-order valence-corrected chi connectivity index (χ3v) is 13.1. The van der Waals surface area contributed by atoms with E-state index >= 15 is 0 Å². The van der Waals surface area contributed by atoms with E-state index in [1.54, 1.807) is 66.8 Å². The van der Waals surface area contributed by atoms with Gasteiger partial charge in [-0.05, 0) is 137 Å². The van der Waals surface area contributed by atoms with Gasteiger partial charge >= 0.3 is 12.1 Å². The molecule has 0 radical (unpaired) electrons. The number of nitrogens with one attached hydrogen (secondary N) is 1. The SMILES string of the molecule is CCCCOC(C)CCNC(=O)/C=C/c1ccc(O)cc1.CCN.CCOc1ccc(C(=C2C=CC(=[N+](CC)CC)C=C2)c2cc(OCC(=O)N3CCCC3C(N)=O)c(S(=O)(=O)O)cc2S(=O)(=O)O)cc1.COOC(=O)C(F)(F)F. The number of nitrogens with zero attached hydrogens (tertiary/aromatic N) is 2. The summed E-state index contributed by atoms with van der Waals surface area (Å²) in [6, 6.07) is 14.1. The number of hydrogen-bond donors (Lipinski definition) is 6. The van der Waals surface area contributed by atoms with Gasteiger partial charge in [-0.15, -0.1) is 0 Å². The molecule has 3 aromatic rings. The van der Waals surface area contributed by atoms with Crippen LogP contribution in [0.5, 0.6) is 17.2 Å². The zero-order chi connectivity index (χ0) is 60.2. The first-order valence-electron chi connectivity index (χ1n) is 25.4. The molecule has 1 aliphatic heterocycles. The van der Waals surface area contributed by atoms with Gasteiger partial charge in [-0.3, -0.25) is 28.4 Å². The molecule has 0 spiro atoms. The number of carbonyl (C=O) groups is 4. The number of allylic oxidation sites excluding steroid dienone is 5. The van der Waals surface area contributed by atoms with Gasteiger partial charge in [0.15, 0.2) is 12.3 Å². The standard InChI is InChI=1S/C32H37N3O10S2.C17H25NO3.C3H3F3O3.C2H7N/c1-4-34(5-2)23-13-9-21(10-14-23)31(22-11-15-24(16-12-22)44-6-3)25-18-27(29(47(41,42)43)19-28(25)46(38,39)40)45-20-30(36)35-17-7-8-26(35)32(33)37;1-3-4-13-21-14(2)11-12-18-17(20)10-7-15-5-8-16(19)9-6-15;1-8-9-2(7)3(4,5)6;1-2-3/h9-16,18-19,26H,4-8,17,20H2,1-3H3,(H3-,33,37,38,39,40,41,42,43);5-10,14,19H,3-4,11-13H2,1-2H3,(H,18,20);1H3;2-3H2,1H3/p+1/b;10-7+;;. The second kappa shape index (κ2) is 34.3. The largest absolute Gasteiger partial charge is 0.508 e. The van der Waals surface area contributed by atoms with Crippen LogP contribution in [0.2, 0.25) is 0 Å². The van der Waals surface area contributed by atoms with Crippen molar-refractivity contribution in [2.45, 2.75) is 102 Å². The highest BCUT2D eigenvalue weighted by molar-refractivity contribution is 7.86. The quantitative estimate of drug-likeness (QED) is 0.0154. The summed E-state index contributed by atoms with van der Waals surface area (Å²) in [4.78, 5) is 52.1. The van der Waals surface area contributed by atoms with Gasteiger partial charge in [0.25, 0.3) is 26.1 Å². The van der Waals surface area contributed by atoms with Crippen LogP contribution in [-0.4, -0.2) is 148 Å². The second-order valence-electron chi connectivity index (χ2n) is 17.2. The predicted octanol–water partition coefficient (Wildman–Crippen LogP) is 6.59. The number of phenolic OH excluding ortho intramolecular Hbond substituents is 1. The van der Waals surface area contributed by atoms with Crippen LogP contribution < -0.4 is 26.3 Å². The van der Waals surface area contributed by atoms with Crippen molar-refractivity contribution in [2.75, 3.05) is 59.7 Å². The van der Waals surface area contributed by atoms with Gasteiger partial charge in [-0.2, -0.15) is 34.9 Å². The van der Waals surface area contributed by atoms with Gasteiger partial charge in [0, 0.05) is 43.5 Å². The van der Waals surface area contributed by atoms with E-state index in [0.717, 1.165) is 70.0 Å². The summed E-state index contributed by atoms with van der Waals surface area (Å²) in [6.45, 7) is 15.4. The minimum absolute atomic E-state index is 0.121. The Kier molecular flexibility index (Phi) is 29.6. The Morgan fingerprint density at radius 3 is 1.99 bits per heavy atom. The summed E-state index contributed by atoms with van der Waals surface area (Å²) in [5.41, 5.74) is 13.1. The number of unbranched alkanes of at least 4 members (excludes halogenated alkanes) is 1. The summed E-state index contributed by atoms with van der Waals surface area (Å²) in [5, 5.41) is 12.0. The van der Waals surface area contributed by atoms with E-state index in [-0.39, 0.29) is 35.4 Å². The van der Waals surface area contributed by atoms with Crippen LogP contribution in [0, 0.1) is 0 Å². The smallest absolute Gasteiger partial charge is 0.494 e. The van der Waals surface area contributed by atoms with E-state index in [4.69, 9.17) is 30.8 Å². The Bertz CT molecular complexity index is 2890. The number of benzene rings is 3. The van der Waals surface area contributed by atoms with Gasteiger partial charge < -0.3 is 41.0 Å². The lowest BCUT2D eigenvalue weighted by Crippen LogP contribution is -2.45. The van der Waals surface area contributed by atoms with E-state index < -0.39 is 72.4 Å². The monoisotopic (exact) mass is 1170 g/mol. The number of amides is 3. The maximum atomic E-state index is 13.0. The number of rotatable bonds is 22. The van der Waals surface area contributed by atoms with Gasteiger partial charge in [-0.1, -0.05) is 44.5 Å². The summed E-state index contributed by atoms with van der Waals surface area (Å²) < 4.78 is 123. The maximum absolute atomic E-state index is 13.0. The van der Waals surface area contributed by atoms with Crippen LogP contribution in [-0.2, 0) is 53.9 Å². The first kappa shape index (κ1) is 69.2. The number of phenols is 1. The van der Waals surface area contributed by atoms with E-state index in [0.29, 0.717) is 48.9 Å². The normalized spacial score (nSPS) is 14.4. The number of halogens is 3. The van der Waals surface area contributed by atoms with E-state index in [1.807, 2.05) is 46.8 Å². The van der Waals surface area contributed by atoms with Crippen molar-refractivity contribution >= 4 is 61.3 Å². The molecule has 0 bridgehead atoms. The van der Waals surface area contributed by atoms with Crippen molar-refractivity contribution in [3.8, 4) is 17.2 Å². The van der Waals surface area contributed by atoms with Crippen molar-refractivity contribution < 1.29 is 92.0 Å². The zero-order valence-corrected chi connectivity index (χ0v) is 47.4. The fraction of sp³-hybridized carbons (Fsp3) is 0.426. The molecule has 0 saturated carbocycles. The molecule has 2 unspecified atom stereocenters. The Labute approximate surface area is 465 Å². The molecule has 5 rings (SSSR count). The van der Waals surface area contributed by atoms with Crippen LogP contribution >= 0.6 is 0 Å². The molecule has 8 N–H and O–H groups in total.